The minimum Gasteiger partial charge on any atom is -0.480 e. The molecule has 2 aromatic carbocycles. The molecule has 0 saturated carbocycles. The number of aromatic nitrogens is 4. The highest BCUT2D eigenvalue weighted by Crippen LogP contribution is 2.30. The third-order valence-electron chi connectivity index (χ3n) is 5.15. The van der Waals surface area contributed by atoms with Gasteiger partial charge in [0.25, 0.3) is 0 Å². The molecule has 1 heterocycles. The first kappa shape index (κ1) is 22.1. The summed E-state index contributed by atoms with van der Waals surface area (Å²) in [7, 11) is 0. The van der Waals surface area contributed by atoms with Crippen LogP contribution in [0.1, 0.15) is 39.2 Å². The molecule has 162 valence electrons. The number of nitrogens with one attached hydrogen (secondary N) is 1. The van der Waals surface area contributed by atoms with Gasteiger partial charge < -0.3 is 10.0 Å². The van der Waals surface area contributed by atoms with Crippen molar-refractivity contribution in [1.82, 2.24) is 25.5 Å². The summed E-state index contributed by atoms with van der Waals surface area (Å²) < 4.78 is 0. The zero-order valence-corrected chi connectivity index (χ0v) is 17.9. The molecule has 0 aliphatic rings. The van der Waals surface area contributed by atoms with Gasteiger partial charge in [-0.3, -0.25) is 4.79 Å². The zero-order valence-electron chi connectivity index (χ0n) is 17.9. The van der Waals surface area contributed by atoms with E-state index in [0.29, 0.717) is 18.7 Å². The molecule has 3 rings (SSSR count). The van der Waals surface area contributed by atoms with Crippen molar-refractivity contribution in [3.05, 3.63) is 54.1 Å². The van der Waals surface area contributed by atoms with E-state index >= 15 is 0 Å². The van der Waals surface area contributed by atoms with Crippen LogP contribution < -0.4 is 0 Å². The Kier molecular flexibility index (Phi) is 7.12. The van der Waals surface area contributed by atoms with E-state index in [4.69, 9.17) is 0 Å². The molecule has 1 unspecified atom stereocenters. The van der Waals surface area contributed by atoms with Gasteiger partial charge in [0.2, 0.25) is 5.91 Å². The third-order valence-corrected chi connectivity index (χ3v) is 5.15. The Hall–Kier alpha value is -3.55. The first-order valence-corrected chi connectivity index (χ1v) is 10.4. The number of carbonyl (C=O) groups excluding carboxylic acids is 1. The number of carboxylic acids is 1. The number of hydrogen-bond donors (Lipinski definition) is 2. The van der Waals surface area contributed by atoms with Crippen molar-refractivity contribution in [2.75, 3.05) is 0 Å². The average molecular weight is 422 g/mol. The Morgan fingerprint density at radius 1 is 1.06 bits per heavy atom. The molecular weight excluding hydrogens is 394 g/mol. The largest absolute Gasteiger partial charge is 0.480 e. The van der Waals surface area contributed by atoms with Crippen molar-refractivity contribution in [3.8, 4) is 22.5 Å². The number of tetrazole rings is 1. The van der Waals surface area contributed by atoms with Gasteiger partial charge in [-0.05, 0) is 39.5 Å². The van der Waals surface area contributed by atoms with Crippen LogP contribution in [0.2, 0.25) is 0 Å². The minimum atomic E-state index is -0.981. The Morgan fingerprint density at radius 2 is 1.74 bits per heavy atom. The molecule has 0 spiro atoms. The Morgan fingerprint density at radius 3 is 2.29 bits per heavy atom. The topological polar surface area (TPSA) is 112 Å². The van der Waals surface area contributed by atoms with E-state index in [1.54, 1.807) is 0 Å². The van der Waals surface area contributed by atoms with E-state index in [0.717, 1.165) is 22.3 Å². The maximum Gasteiger partial charge on any atom is 0.326 e. The second-order valence-corrected chi connectivity index (χ2v) is 7.79. The lowest BCUT2D eigenvalue weighted by atomic mass is 9.97. The summed E-state index contributed by atoms with van der Waals surface area (Å²) in [6.45, 7) is 5.81. The molecule has 0 aliphatic heterocycles. The van der Waals surface area contributed by atoms with Crippen LogP contribution in [-0.2, 0) is 16.1 Å². The van der Waals surface area contributed by atoms with E-state index < -0.39 is 12.0 Å². The van der Waals surface area contributed by atoms with E-state index in [-0.39, 0.29) is 18.4 Å². The summed E-state index contributed by atoms with van der Waals surface area (Å²) >= 11 is 0. The van der Waals surface area contributed by atoms with Crippen LogP contribution in [0.4, 0.5) is 0 Å². The van der Waals surface area contributed by atoms with E-state index in [1.807, 2.05) is 69.3 Å². The number of aromatic amines is 1. The van der Waals surface area contributed by atoms with Gasteiger partial charge in [0.05, 0.1) is 0 Å². The van der Waals surface area contributed by atoms with Crippen LogP contribution in [0.5, 0.6) is 0 Å². The van der Waals surface area contributed by atoms with Crippen LogP contribution in [-0.4, -0.2) is 48.5 Å². The second kappa shape index (κ2) is 9.97. The second-order valence-electron chi connectivity index (χ2n) is 7.79. The number of hydrogen-bond acceptors (Lipinski definition) is 5. The number of carbonyl (C=O) groups is 2. The van der Waals surface area contributed by atoms with Gasteiger partial charge in [0.15, 0.2) is 5.82 Å². The fourth-order valence-electron chi connectivity index (χ4n) is 3.68. The van der Waals surface area contributed by atoms with Gasteiger partial charge >= 0.3 is 5.97 Å². The number of aliphatic carboxylic acids is 1. The summed E-state index contributed by atoms with van der Waals surface area (Å²) in [6, 6.07) is 14.7. The van der Waals surface area contributed by atoms with Crippen molar-refractivity contribution in [1.29, 1.82) is 0 Å². The highest BCUT2D eigenvalue weighted by Gasteiger charge is 2.31. The van der Waals surface area contributed by atoms with Crippen LogP contribution >= 0.6 is 0 Å². The number of amides is 1. The number of benzene rings is 2. The molecule has 3 aromatic rings. The molecule has 31 heavy (non-hydrogen) atoms. The highest BCUT2D eigenvalue weighted by atomic mass is 16.4. The van der Waals surface area contributed by atoms with Crippen LogP contribution in [0.25, 0.3) is 22.5 Å². The van der Waals surface area contributed by atoms with Crippen LogP contribution in [0.15, 0.2) is 48.5 Å². The number of rotatable bonds is 9. The van der Waals surface area contributed by atoms with E-state index in [9.17, 15) is 14.7 Å². The minimum absolute atomic E-state index is 0.143. The Balaban J connectivity index is 1.88. The lowest BCUT2D eigenvalue weighted by Crippen LogP contribution is -2.47. The summed E-state index contributed by atoms with van der Waals surface area (Å²) in [6.07, 6.45) is 0.999. The lowest BCUT2D eigenvalue weighted by molar-refractivity contribution is -0.153. The van der Waals surface area contributed by atoms with Crippen molar-refractivity contribution in [2.24, 2.45) is 5.92 Å². The third kappa shape index (κ3) is 5.14. The number of nitrogens with zero attached hydrogens (tertiary/aromatic N) is 4. The Bertz CT molecular complexity index is 1020. The molecule has 0 fully saturated rings. The monoisotopic (exact) mass is 421 g/mol. The summed E-state index contributed by atoms with van der Waals surface area (Å²) in [4.78, 5) is 26.0. The molecule has 8 heteroatoms. The van der Waals surface area contributed by atoms with Crippen LogP contribution in [0.3, 0.4) is 0 Å². The molecular formula is C23H27N5O3. The van der Waals surface area contributed by atoms with Crippen molar-refractivity contribution < 1.29 is 14.7 Å². The average Bonchev–Trinajstić information content (AvgIpc) is 3.28. The first-order chi connectivity index (χ1) is 14.9. The molecule has 0 bridgehead atoms. The number of H-pyrrole nitrogens is 1. The quantitative estimate of drug-likeness (QED) is 0.544. The van der Waals surface area contributed by atoms with Crippen molar-refractivity contribution >= 4 is 11.9 Å². The van der Waals surface area contributed by atoms with Crippen molar-refractivity contribution in [3.63, 3.8) is 0 Å². The summed E-state index contributed by atoms with van der Waals surface area (Å²) in [5.74, 6) is -0.737. The molecule has 1 aromatic heterocycles. The molecule has 1 amide bonds. The zero-order chi connectivity index (χ0) is 22.4. The van der Waals surface area contributed by atoms with Gasteiger partial charge in [-0.1, -0.05) is 69.3 Å². The smallest absolute Gasteiger partial charge is 0.326 e. The van der Waals surface area contributed by atoms with E-state index in [1.165, 1.54) is 4.90 Å². The molecule has 0 radical (unpaired) electrons. The molecule has 0 saturated heterocycles. The molecule has 1 atom stereocenters. The van der Waals surface area contributed by atoms with Gasteiger partial charge in [-0.25, -0.2) is 9.89 Å². The van der Waals surface area contributed by atoms with E-state index in [2.05, 4.69) is 20.6 Å². The summed E-state index contributed by atoms with van der Waals surface area (Å²) in [5, 5.41) is 23.8. The number of carboxylic acid groups (broad SMARTS) is 1. The molecule has 0 aliphatic carbocycles. The highest BCUT2D eigenvalue weighted by molar-refractivity contribution is 5.84. The molecule has 2 N–H and O–H groups in total. The first-order valence-electron chi connectivity index (χ1n) is 10.4. The lowest BCUT2D eigenvalue weighted by Gasteiger charge is -2.31. The normalized spacial score (nSPS) is 12.0. The fourth-order valence-corrected chi connectivity index (χ4v) is 3.68. The maximum absolute atomic E-state index is 12.7. The predicted molar refractivity (Wildman–Crippen MR) is 117 cm³/mol. The van der Waals surface area contributed by atoms with Gasteiger partial charge in [-0.2, -0.15) is 0 Å². The SMILES string of the molecule is CCCC(=O)N(Cc1ccc(-c2ccccc2-c2nnn[nH]2)cc1)C(C(=O)O)C(C)C. The van der Waals surface area contributed by atoms with Gasteiger partial charge in [0.1, 0.15) is 6.04 Å². The summed E-state index contributed by atoms with van der Waals surface area (Å²) in [5.41, 5.74) is 3.70. The van der Waals surface area contributed by atoms with Crippen LogP contribution in [0, 0.1) is 5.92 Å². The maximum atomic E-state index is 12.7. The standard InChI is InChI=1S/C23H27N5O3/c1-4-7-20(29)28(21(15(2)3)23(30)31)14-16-10-12-17(13-11-16)18-8-5-6-9-19(18)22-24-26-27-25-22/h5-6,8-13,15,21H,4,7,14H2,1-3H3,(H,30,31)(H,24,25,26,27). The van der Waals surface area contributed by atoms with Crippen molar-refractivity contribution in [2.45, 2.75) is 46.2 Å². The Labute approximate surface area is 181 Å². The molecule has 8 nitrogen and oxygen atoms in total. The van der Waals surface area contributed by atoms with Gasteiger partial charge in [-0.15, -0.1) is 5.10 Å². The van der Waals surface area contributed by atoms with Gasteiger partial charge in [0, 0.05) is 18.5 Å². The fraction of sp³-hybridized carbons (Fsp3) is 0.348. The predicted octanol–water partition coefficient (Wildman–Crippen LogP) is 3.77.